The highest BCUT2D eigenvalue weighted by molar-refractivity contribution is 7.98. The van der Waals surface area contributed by atoms with Crippen molar-refractivity contribution in [3.63, 3.8) is 0 Å². The topological polar surface area (TPSA) is 22.0 Å². The highest BCUT2D eigenvalue weighted by Gasteiger charge is 2.11. The van der Waals surface area contributed by atoms with Crippen molar-refractivity contribution in [2.75, 3.05) is 6.26 Å². The van der Waals surface area contributed by atoms with Gasteiger partial charge in [0.05, 0.1) is 6.54 Å². The van der Waals surface area contributed by atoms with Gasteiger partial charge >= 0.3 is 0 Å². The maximum Gasteiger partial charge on any atom is 0.182 e. The molecule has 21 heavy (non-hydrogen) atoms. The molecule has 3 heteroatoms. The Kier molecular flexibility index (Phi) is 3.84. The molecule has 0 unspecified atom stereocenters. The smallest absolute Gasteiger partial charge is 0.182 e. The molecule has 1 aromatic heterocycles. The Bertz CT molecular complexity index is 787. The number of aromatic nitrogens is 1. The molecule has 0 N–H and O–H groups in total. The Morgan fingerprint density at radius 3 is 2.52 bits per heavy atom. The number of carbonyl (C=O) groups is 1. The van der Waals surface area contributed by atoms with Gasteiger partial charge in [0.15, 0.2) is 5.78 Å². The summed E-state index contributed by atoms with van der Waals surface area (Å²) in [6, 6.07) is 18.1. The lowest BCUT2D eigenvalue weighted by atomic mass is 10.1. The Morgan fingerprint density at radius 2 is 1.81 bits per heavy atom. The molecule has 0 aliphatic heterocycles. The van der Waals surface area contributed by atoms with Crippen molar-refractivity contribution in [3.8, 4) is 0 Å². The summed E-state index contributed by atoms with van der Waals surface area (Å²) in [5, 5.41) is 1.18. The van der Waals surface area contributed by atoms with Crippen LogP contribution in [-0.2, 0) is 6.54 Å². The average Bonchev–Trinajstić information content (AvgIpc) is 2.83. The lowest BCUT2D eigenvalue weighted by molar-refractivity contribution is 0.0973. The number of ketones is 1. The number of rotatable bonds is 4. The summed E-state index contributed by atoms with van der Waals surface area (Å²) in [7, 11) is 0. The minimum absolute atomic E-state index is 0.145. The third-order valence-electron chi connectivity index (χ3n) is 3.73. The fourth-order valence-corrected chi connectivity index (χ4v) is 2.98. The first-order chi connectivity index (χ1) is 10.2. The molecule has 0 saturated heterocycles. The van der Waals surface area contributed by atoms with Crippen LogP contribution in [0.5, 0.6) is 0 Å². The Morgan fingerprint density at radius 1 is 1.10 bits per heavy atom. The van der Waals surface area contributed by atoms with Crippen LogP contribution < -0.4 is 0 Å². The van der Waals surface area contributed by atoms with Crippen molar-refractivity contribution < 1.29 is 4.79 Å². The van der Waals surface area contributed by atoms with Crippen LogP contribution in [0.3, 0.4) is 0 Å². The quantitative estimate of drug-likeness (QED) is 0.520. The molecule has 0 radical (unpaired) electrons. The second kappa shape index (κ2) is 5.78. The molecular formula is C18H17NOS. The van der Waals surface area contributed by atoms with Crippen LogP contribution in [0.15, 0.2) is 59.5 Å². The van der Waals surface area contributed by atoms with Gasteiger partial charge in [0, 0.05) is 21.7 Å². The molecule has 0 aliphatic rings. The van der Waals surface area contributed by atoms with E-state index in [1.54, 1.807) is 11.8 Å². The number of thioether (sulfide) groups is 1. The fraction of sp³-hybridized carbons (Fsp3) is 0.167. The maximum absolute atomic E-state index is 12.5. The van der Waals surface area contributed by atoms with Gasteiger partial charge in [-0.1, -0.05) is 30.3 Å². The minimum atomic E-state index is 0.145. The van der Waals surface area contributed by atoms with Crippen molar-refractivity contribution in [2.45, 2.75) is 18.4 Å². The first-order valence-electron chi connectivity index (χ1n) is 6.91. The van der Waals surface area contributed by atoms with E-state index in [0.29, 0.717) is 6.54 Å². The Labute approximate surface area is 128 Å². The van der Waals surface area contributed by atoms with Crippen LogP contribution in [0, 0.1) is 6.92 Å². The molecule has 106 valence electrons. The number of carbonyl (C=O) groups excluding carboxylic acids is 1. The zero-order chi connectivity index (χ0) is 14.8. The van der Waals surface area contributed by atoms with Gasteiger partial charge in [-0.05, 0) is 42.8 Å². The van der Waals surface area contributed by atoms with Gasteiger partial charge in [-0.15, -0.1) is 11.8 Å². The lowest BCUT2D eigenvalue weighted by Crippen LogP contribution is -2.11. The van der Waals surface area contributed by atoms with E-state index in [1.165, 1.54) is 10.3 Å². The molecule has 0 fully saturated rings. The third kappa shape index (κ3) is 2.74. The van der Waals surface area contributed by atoms with E-state index in [0.717, 1.165) is 16.8 Å². The van der Waals surface area contributed by atoms with Crippen molar-refractivity contribution in [2.24, 2.45) is 0 Å². The summed E-state index contributed by atoms with van der Waals surface area (Å²) in [6.07, 6.45) is 2.03. The molecule has 0 spiro atoms. The van der Waals surface area contributed by atoms with Gasteiger partial charge in [-0.25, -0.2) is 0 Å². The second-order valence-corrected chi connectivity index (χ2v) is 5.96. The minimum Gasteiger partial charge on any atom is -0.337 e. The number of aryl methyl sites for hydroxylation is 1. The van der Waals surface area contributed by atoms with Gasteiger partial charge in [0.2, 0.25) is 0 Å². The summed E-state index contributed by atoms with van der Waals surface area (Å²) >= 11 is 1.68. The highest BCUT2D eigenvalue weighted by Crippen LogP contribution is 2.20. The molecule has 0 bridgehead atoms. The molecule has 2 nitrogen and oxygen atoms in total. The third-order valence-corrected chi connectivity index (χ3v) is 4.47. The van der Waals surface area contributed by atoms with Crippen molar-refractivity contribution in [1.29, 1.82) is 0 Å². The van der Waals surface area contributed by atoms with Gasteiger partial charge < -0.3 is 4.57 Å². The van der Waals surface area contributed by atoms with Crippen molar-refractivity contribution in [3.05, 3.63) is 65.9 Å². The highest BCUT2D eigenvalue weighted by atomic mass is 32.2. The molecule has 0 saturated carbocycles. The van der Waals surface area contributed by atoms with Crippen LogP contribution in [0.4, 0.5) is 0 Å². The number of nitrogens with zero attached hydrogens (tertiary/aromatic N) is 1. The van der Waals surface area contributed by atoms with E-state index in [9.17, 15) is 4.79 Å². The molecular weight excluding hydrogens is 278 g/mol. The SMILES string of the molecule is CSc1ccc(C(=O)Cn2c(C)cc3ccccc32)cc1. The van der Waals surface area contributed by atoms with Crippen LogP contribution in [-0.4, -0.2) is 16.6 Å². The summed E-state index contributed by atoms with van der Waals surface area (Å²) in [5.41, 5.74) is 3.00. The lowest BCUT2D eigenvalue weighted by Gasteiger charge is -2.08. The van der Waals surface area contributed by atoms with E-state index < -0.39 is 0 Å². The van der Waals surface area contributed by atoms with E-state index in [2.05, 4.69) is 22.8 Å². The first-order valence-corrected chi connectivity index (χ1v) is 8.13. The van der Waals surface area contributed by atoms with Gasteiger partial charge in [0.1, 0.15) is 0 Å². The van der Waals surface area contributed by atoms with Gasteiger partial charge in [-0.3, -0.25) is 4.79 Å². The summed E-state index contributed by atoms with van der Waals surface area (Å²) < 4.78 is 2.08. The average molecular weight is 295 g/mol. The zero-order valence-electron chi connectivity index (χ0n) is 12.2. The van der Waals surface area contributed by atoms with Crippen LogP contribution >= 0.6 is 11.8 Å². The largest absolute Gasteiger partial charge is 0.337 e. The molecule has 0 amide bonds. The van der Waals surface area contributed by atoms with E-state index in [1.807, 2.05) is 49.6 Å². The Balaban J connectivity index is 1.90. The predicted octanol–water partition coefficient (Wildman–Crippen LogP) is 4.55. The van der Waals surface area contributed by atoms with E-state index in [-0.39, 0.29) is 5.78 Å². The standard InChI is InChI=1S/C18H17NOS/c1-13-11-15-5-3-4-6-17(15)19(13)12-18(20)14-7-9-16(21-2)10-8-14/h3-11H,12H2,1-2H3. The predicted molar refractivity (Wildman–Crippen MR) is 89.2 cm³/mol. The monoisotopic (exact) mass is 295 g/mol. The first kappa shape index (κ1) is 14.0. The van der Waals surface area contributed by atoms with Crippen molar-refractivity contribution in [1.82, 2.24) is 4.57 Å². The van der Waals surface area contributed by atoms with Crippen LogP contribution in [0.25, 0.3) is 10.9 Å². The van der Waals surface area contributed by atoms with E-state index in [4.69, 9.17) is 0 Å². The normalized spacial score (nSPS) is 11.0. The van der Waals surface area contributed by atoms with Crippen molar-refractivity contribution >= 4 is 28.4 Å². The summed E-state index contributed by atoms with van der Waals surface area (Å²) in [5.74, 6) is 0.145. The number of hydrogen-bond donors (Lipinski definition) is 0. The molecule has 3 rings (SSSR count). The fourth-order valence-electron chi connectivity index (χ4n) is 2.57. The summed E-state index contributed by atoms with van der Waals surface area (Å²) in [6.45, 7) is 2.43. The zero-order valence-corrected chi connectivity index (χ0v) is 13.0. The number of Topliss-reactive ketones (excluding diaryl/α,β-unsaturated/α-hetero) is 1. The maximum atomic E-state index is 12.5. The molecule has 1 heterocycles. The summed E-state index contributed by atoms with van der Waals surface area (Å²) in [4.78, 5) is 13.7. The van der Waals surface area contributed by atoms with E-state index >= 15 is 0 Å². The van der Waals surface area contributed by atoms with Gasteiger partial charge in [0.25, 0.3) is 0 Å². The van der Waals surface area contributed by atoms with Crippen LogP contribution in [0.2, 0.25) is 0 Å². The second-order valence-electron chi connectivity index (χ2n) is 5.08. The molecule has 0 atom stereocenters. The molecule has 3 aromatic rings. The molecule has 0 aliphatic carbocycles. The van der Waals surface area contributed by atoms with Crippen LogP contribution in [0.1, 0.15) is 16.1 Å². The van der Waals surface area contributed by atoms with Gasteiger partial charge in [-0.2, -0.15) is 0 Å². The number of para-hydroxylation sites is 1. The number of benzene rings is 2. The molecule has 2 aromatic carbocycles. The number of fused-ring (bicyclic) bond motifs is 1. The Hall–Kier alpha value is -2.00. The number of hydrogen-bond acceptors (Lipinski definition) is 2.